The van der Waals surface area contributed by atoms with Gasteiger partial charge >= 0.3 is 0 Å². The number of aromatic amines is 1. The summed E-state index contributed by atoms with van der Waals surface area (Å²) in [6.07, 6.45) is 1.64. The van der Waals surface area contributed by atoms with Gasteiger partial charge in [0.15, 0.2) is 0 Å². The number of hydrogen-bond donors (Lipinski definition) is 3. The number of halogens is 1. The second kappa shape index (κ2) is 8.46. The Kier molecular flexibility index (Phi) is 5.83. The number of nitrogens with zero attached hydrogens (tertiary/aromatic N) is 2. The first-order chi connectivity index (χ1) is 13.1. The second-order valence-electron chi connectivity index (χ2n) is 5.77. The van der Waals surface area contributed by atoms with Crippen LogP contribution >= 0.6 is 11.6 Å². The Morgan fingerprint density at radius 3 is 2.70 bits per heavy atom. The van der Waals surface area contributed by atoms with Crippen LogP contribution in [0.3, 0.4) is 0 Å². The molecule has 3 N–H and O–H groups in total. The monoisotopic (exact) mass is 383 g/mol. The van der Waals surface area contributed by atoms with Crippen molar-refractivity contribution in [2.45, 2.75) is 13.5 Å². The third-order valence-corrected chi connectivity index (χ3v) is 4.08. The van der Waals surface area contributed by atoms with E-state index in [1.165, 1.54) is 6.07 Å². The maximum atomic E-state index is 12.4. The lowest BCUT2D eigenvalue weighted by molar-refractivity contribution is 0.0949. The average Bonchev–Trinajstić information content (AvgIpc) is 2.68. The van der Waals surface area contributed by atoms with Crippen LogP contribution in [-0.4, -0.2) is 27.6 Å². The first-order valence-electron chi connectivity index (χ1n) is 8.39. The van der Waals surface area contributed by atoms with E-state index in [4.69, 9.17) is 11.6 Å². The molecular formula is C19H18ClN5O2. The summed E-state index contributed by atoms with van der Waals surface area (Å²) in [5.41, 5.74) is 1.55. The Hall–Kier alpha value is -3.19. The van der Waals surface area contributed by atoms with Gasteiger partial charge in [0.1, 0.15) is 11.4 Å². The van der Waals surface area contributed by atoms with Gasteiger partial charge in [-0.25, -0.2) is 10.1 Å². The van der Waals surface area contributed by atoms with Gasteiger partial charge < -0.3 is 10.6 Å². The molecule has 0 radical (unpaired) electrons. The number of pyridine rings is 1. The molecule has 0 atom stereocenters. The lowest BCUT2D eigenvalue weighted by Gasteiger charge is -2.08. The van der Waals surface area contributed by atoms with Gasteiger partial charge in [-0.2, -0.15) is 5.10 Å². The summed E-state index contributed by atoms with van der Waals surface area (Å²) in [5.74, 6) is 0.215. The van der Waals surface area contributed by atoms with Crippen molar-refractivity contribution in [2.75, 3.05) is 11.9 Å². The highest BCUT2D eigenvalue weighted by Crippen LogP contribution is 2.18. The molecule has 27 heavy (non-hydrogen) atoms. The molecule has 0 fully saturated rings. The molecule has 3 aromatic rings. The fourth-order valence-corrected chi connectivity index (χ4v) is 2.60. The molecule has 0 saturated heterocycles. The van der Waals surface area contributed by atoms with Crippen LogP contribution in [0.15, 0.2) is 53.5 Å². The van der Waals surface area contributed by atoms with E-state index >= 15 is 0 Å². The van der Waals surface area contributed by atoms with Crippen molar-refractivity contribution in [1.29, 1.82) is 0 Å². The number of nitrogens with one attached hydrogen (secondary N) is 3. The van der Waals surface area contributed by atoms with E-state index in [0.717, 1.165) is 17.7 Å². The van der Waals surface area contributed by atoms with Crippen molar-refractivity contribution in [3.63, 3.8) is 0 Å². The van der Waals surface area contributed by atoms with Crippen molar-refractivity contribution in [3.05, 3.63) is 75.2 Å². The molecule has 1 aromatic carbocycles. The Labute approximate surface area is 160 Å². The summed E-state index contributed by atoms with van der Waals surface area (Å²) in [4.78, 5) is 28.7. The maximum absolute atomic E-state index is 12.4. The van der Waals surface area contributed by atoms with Gasteiger partial charge in [-0.1, -0.05) is 23.7 Å². The molecule has 8 heteroatoms. The van der Waals surface area contributed by atoms with Gasteiger partial charge in [0.05, 0.1) is 5.69 Å². The fraction of sp³-hybridized carbons (Fsp3) is 0.158. The molecule has 0 unspecified atom stereocenters. The Morgan fingerprint density at radius 1 is 1.19 bits per heavy atom. The zero-order valence-corrected chi connectivity index (χ0v) is 15.4. The molecule has 0 aliphatic carbocycles. The van der Waals surface area contributed by atoms with E-state index in [9.17, 15) is 9.59 Å². The molecular weight excluding hydrogens is 366 g/mol. The third kappa shape index (κ3) is 4.71. The minimum Gasteiger partial charge on any atom is -0.370 e. The van der Waals surface area contributed by atoms with E-state index < -0.39 is 11.5 Å². The number of H-pyrrole nitrogens is 1. The largest absolute Gasteiger partial charge is 0.370 e. The van der Waals surface area contributed by atoms with Crippen LogP contribution in [-0.2, 0) is 6.54 Å². The highest BCUT2D eigenvalue weighted by molar-refractivity contribution is 6.30. The van der Waals surface area contributed by atoms with Crippen LogP contribution in [0.4, 0.5) is 5.82 Å². The third-order valence-electron chi connectivity index (χ3n) is 3.83. The van der Waals surface area contributed by atoms with E-state index in [1.807, 2.05) is 19.1 Å². The van der Waals surface area contributed by atoms with E-state index in [0.29, 0.717) is 16.5 Å². The van der Waals surface area contributed by atoms with Gasteiger partial charge in [-0.15, -0.1) is 0 Å². The Balaban J connectivity index is 1.80. The second-order valence-corrected chi connectivity index (χ2v) is 6.20. The molecule has 3 rings (SSSR count). The fourth-order valence-electron chi connectivity index (χ4n) is 2.47. The minimum absolute atomic E-state index is 0.00391. The zero-order chi connectivity index (χ0) is 19.2. The van der Waals surface area contributed by atoms with E-state index in [-0.39, 0.29) is 12.1 Å². The lowest BCUT2D eigenvalue weighted by Crippen LogP contribution is -2.29. The van der Waals surface area contributed by atoms with Crippen molar-refractivity contribution in [1.82, 2.24) is 20.5 Å². The number of rotatable bonds is 6. The molecule has 0 saturated carbocycles. The first-order valence-corrected chi connectivity index (χ1v) is 8.77. The molecule has 0 bridgehead atoms. The van der Waals surface area contributed by atoms with Crippen molar-refractivity contribution >= 4 is 23.3 Å². The highest BCUT2D eigenvalue weighted by atomic mass is 35.5. The first kappa shape index (κ1) is 18.6. The van der Waals surface area contributed by atoms with Gasteiger partial charge in [0.2, 0.25) is 0 Å². The smallest absolute Gasteiger partial charge is 0.277 e. The minimum atomic E-state index is -0.548. The number of anilines is 1. The summed E-state index contributed by atoms with van der Waals surface area (Å²) in [6.45, 7) is 2.98. The van der Waals surface area contributed by atoms with Gasteiger partial charge in [0.25, 0.3) is 11.5 Å². The molecule has 7 nitrogen and oxygen atoms in total. The number of aromatic nitrogens is 3. The maximum Gasteiger partial charge on any atom is 0.277 e. The highest BCUT2D eigenvalue weighted by Gasteiger charge is 2.13. The summed E-state index contributed by atoms with van der Waals surface area (Å²) < 4.78 is 0. The predicted molar refractivity (Wildman–Crippen MR) is 105 cm³/mol. The van der Waals surface area contributed by atoms with E-state index in [2.05, 4.69) is 25.8 Å². The van der Waals surface area contributed by atoms with Gasteiger partial charge in [-0.05, 0) is 42.8 Å². The molecule has 1 amide bonds. The Bertz CT molecular complexity index is 1000. The van der Waals surface area contributed by atoms with Crippen molar-refractivity contribution in [2.24, 2.45) is 0 Å². The lowest BCUT2D eigenvalue weighted by atomic mass is 10.1. The molecule has 138 valence electrons. The van der Waals surface area contributed by atoms with Crippen molar-refractivity contribution in [3.8, 4) is 11.3 Å². The topological polar surface area (TPSA) is 99.8 Å². The van der Waals surface area contributed by atoms with Crippen LogP contribution in [0.2, 0.25) is 5.02 Å². The predicted octanol–water partition coefficient (Wildman–Crippen LogP) is 2.85. The molecule has 0 spiro atoms. The zero-order valence-electron chi connectivity index (χ0n) is 14.6. The standard InChI is InChI=1S/C19H18ClN5O2/c1-2-21-17-9-13(7-8-22-17)16-10-15(19(27)25-24-16)18(26)23-11-12-3-5-14(20)6-4-12/h3-10H,2,11H2,1H3,(H,21,22)(H,23,26)(H,25,27). The number of carbonyl (C=O) groups excluding carboxylic acids is 1. The van der Waals surface area contributed by atoms with Crippen LogP contribution in [0, 0.1) is 0 Å². The van der Waals surface area contributed by atoms with E-state index in [1.54, 1.807) is 30.5 Å². The Morgan fingerprint density at radius 2 is 1.96 bits per heavy atom. The van der Waals surface area contributed by atoms with Crippen LogP contribution < -0.4 is 16.2 Å². The number of benzene rings is 1. The van der Waals surface area contributed by atoms with Crippen LogP contribution in [0.5, 0.6) is 0 Å². The molecule has 0 aliphatic rings. The molecule has 2 aromatic heterocycles. The van der Waals surface area contributed by atoms with Crippen LogP contribution in [0.25, 0.3) is 11.3 Å². The summed E-state index contributed by atoms with van der Waals surface area (Å²) in [6, 6.07) is 12.1. The van der Waals surface area contributed by atoms with Crippen LogP contribution in [0.1, 0.15) is 22.8 Å². The SMILES string of the molecule is CCNc1cc(-c2cc(C(=O)NCc3ccc(Cl)cc3)c(=O)[nH]n2)ccn1. The summed E-state index contributed by atoms with van der Waals surface area (Å²) in [5, 5.41) is 12.9. The normalized spacial score (nSPS) is 10.4. The van der Waals surface area contributed by atoms with Crippen molar-refractivity contribution < 1.29 is 4.79 Å². The van der Waals surface area contributed by atoms with Gasteiger partial charge in [-0.3, -0.25) is 9.59 Å². The number of carbonyl (C=O) groups is 1. The number of hydrogen-bond acceptors (Lipinski definition) is 5. The summed E-state index contributed by atoms with van der Waals surface area (Å²) in [7, 11) is 0. The summed E-state index contributed by atoms with van der Waals surface area (Å²) >= 11 is 5.85. The molecule has 2 heterocycles. The number of amides is 1. The average molecular weight is 384 g/mol. The quantitative estimate of drug-likeness (QED) is 0.607. The van der Waals surface area contributed by atoms with Gasteiger partial charge in [0, 0.05) is 29.9 Å². The molecule has 0 aliphatic heterocycles.